The van der Waals surface area contributed by atoms with Crippen molar-refractivity contribution in [2.24, 2.45) is 5.92 Å². The number of nitrogens with one attached hydrogen (secondary N) is 4. The van der Waals surface area contributed by atoms with Crippen molar-refractivity contribution < 1.29 is 14.4 Å². The van der Waals surface area contributed by atoms with Gasteiger partial charge in [0.05, 0.1) is 0 Å². The third kappa shape index (κ3) is 4.82. The van der Waals surface area contributed by atoms with Gasteiger partial charge in [0.15, 0.2) is 5.69 Å². The molecule has 3 amide bonds. The Morgan fingerprint density at radius 3 is 2.38 bits per heavy atom. The molecule has 0 spiro atoms. The second kappa shape index (κ2) is 8.89. The predicted molar refractivity (Wildman–Crippen MR) is 108 cm³/mol. The first kappa shape index (κ1) is 20.6. The maximum Gasteiger partial charge on any atom is 0.290 e. The fraction of sp³-hybridized carbons (Fsp3) is 0.429. The molecular formula is C21H27N5O3. The van der Waals surface area contributed by atoms with E-state index in [0.717, 1.165) is 42.5 Å². The highest BCUT2D eigenvalue weighted by Gasteiger charge is 2.26. The summed E-state index contributed by atoms with van der Waals surface area (Å²) in [6, 6.07) is 6.30. The molecule has 8 nitrogen and oxygen atoms in total. The van der Waals surface area contributed by atoms with Gasteiger partial charge >= 0.3 is 0 Å². The van der Waals surface area contributed by atoms with Gasteiger partial charge in [-0.15, -0.1) is 0 Å². The van der Waals surface area contributed by atoms with Crippen LogP contribution >= 0.6 is 0 Å². The molecule has 2 aromatic rings. The average Bonchev–Trinajstić information content (AvgIpc) is 3.14. The van der Waals surface area contributed by atoms with E-state index in [-0.39, 0.29) is 11.8 Å². The van der Waals surface area contributed by atoms with Gasteiger partial charge in [-0.2, -0.15) is 5.10 Å². The van der Waals surface area contributed by atoms with Crippen LogP contribution in [0, 0.1) is 12.8 Å². The Morgan fingerprint density at radius 1 is 1.00 bits per heavy atom. The second-order valence-electron chi connectivity index (χ2n) is 7.74. The molecule has 0 saturated heterocycles. The zero-order valence-corrected chi connectivity index (χ0v) is 17.0. The van der Waals surface area contributed by atoms with E-state index in [0.29, 0.717) is 11.3 Å². The van der Waals surface area contributed by atoms with Gasteiger partial charge in [-0.05, 0) is 50.7 Å². The van der Waals surface area contributed by atoms with Gasteiger partial charge in [0.1, 0.15) is 6.04 Å². The first-order chi connectivity index (χ1) is 13.9. The molecule has 0 unspecified atom stereocenters. The van der Waals surface area contributed by atoms with E-state index in [1.807, 2.05) is 32.9 Å². The number of amides is 3. The molecule has 0 bridgehead atoms. The molecule has 3 rings (SSSR count). The maximum absolute atomic E-state index is 12.6. The van der Waals surface area contributed by atoms with Gasteiger partial charge in [0.25, 0.3) is 17.7 Å². The van der Waals surface area contributed by atoms with E-state index in [1.165, 1.54) is 0 Å². The molecule has 1 aliphatic carbocycles. The summed E-state index contributed by atoms with van der Waals surface area (Å²) < 4.78 is 0. The Balaban J connectivity index is 1.61. The van der Waals surface area contributed by atoms with E-state index in [4.69, 9.17) is 0 Å². The number of hydrogen-bond donors (Lipinski definition) is 4. The molecule has 154 valence electrons. The highest BCUT2D eigenvalue weighted by molar-refractivity contribution is 5.99. The van der Waals surface area contributed by atoms with Crippen molar-refractivity contribution in [2.75, 3.05) is 0 Å². The fourth-order valence-corrected chi connectivity index (χ4v) is 3.39. The van der Waals surface area contributed by atoms with E-state index < -0.39 is 17.9 Å². The lowest BCUT2D eigenvalue weighted by Gasteiger charge is -2.22. The fourth-order valence-electron chi connectivity index (χ4n) is 3.39. The van der Waals surface area contributed by atoms with Crippen LogP contribution in [0.1, 0.15) is 64.4 Å². The molecule has 1 aromatic heterocycles. The monoisotopic (exact) mass is 397 g/mol. The predicted octanol–water partition coefficient (Wildman–Crippen LogP) is 1.81. The quantitative estimate of drug-likeness (QED) is 0.576. The van der Waals surface area contributed by atoms with Crippen LogP contribution in [0.25, 0.3) is 0 Å². The summed E-state index contributed by atoms with van der Waals surface area (Å²) >= 11 is 0. The molecule has 1 heterocycles. The van der Waals surface area contributed by atoms with Gasteiger partial charge in [0, 0.05) is 16.8 Å². The number of hydrogen-bond acceptors (Lipinski definition) is 4. The molecule has 8 heteroatoms. The van der Waals surface area contributed by atoms with Crippen LogP contribution in [-0.4, -0.2) is 34.0 Å². The van der Waals surface area contributed by atoms with Crippen LogP contribution in [0.4, 0.5) is 0 Å². The molecule has 0 fully saturated rings. The van der Waals surface area contributed by atoms with Crippen molar-refractivity contribution in [3.63, 3.8) is 0 Å². The number of aryl methyl sites for hydroxylation is 2. The number of nitrogens with zero attached hydrogens (tertiary/aromatic N) is 1. The van der Waals surface area contributed by atoms with Gasteiger partial charge in [0.2, 0.25) is 0 Å². The first-order valence-corrected chi connectivity index (χ1v) is 9.90. The SMILES string of the molecule is Cc1ccc(C(=O)N[C@@H](C(=O)NNC(=O)c2n[nH]c3c2CCCC3)C(C)C)cc1. The molecule has 4 N–H and O–H groups in total. The van der Waals surface area contributed by atoms with Gasteiger partial charge < -0.3 is 5.32 Å². The summed E-state index contributed by atoms with van der Waals surface area (Å²) in [5, 5.41) is 9.73. The summed E-state index contributed by atoms with van der Waals surface area (Å²) in [6.07, 6.45) is 3.76. The number of aromatic nitrogens is 2. The number of fused-ring (bicyclic) bond motifs is 1. The third-order valence-electron chi connectivity index (χ3n) is 5.12. The number of rotatable bonds is 5. The van der Waals surface area contributed by atoms with Crippen molar-refractivity contribution in [3.05, 3.63) is 52.3 Å². The molecule has 1 atom stereocenters. The summed E-state index contributed by atoms with van der Waals surface area (Å²) in [7, 11) is 0. The zero-order valence-electron chi connectivity index (χ0n) is 17.0. The third-order valence-corrected chi connectivity index (χ3v) is 5.12. The Kier molecular flexibility index (Phi) is 6.31. The molecular weight excluding hydrogens is 370 g/mol. The van der Waals surface area contributed by atoms with Crippen LogP contribution in [0.15, 0.2) is 24.3 Å². The molecule has 1 aromatic carbocycles. The van der Waals surface area contributed by atoms with Crippen molar-refractivity contribution in [3.8, 4) is 0 Å². The lowest BCUT2D eigenvalue weighted by molar-refractivity contribution is -0.124. The van der Waals surface area contributed by atoms with E-state index in [9.17, 15) is 14.4 Å². The molecule has 1 aliphatic rings. The number of carbonyl (C=O) groups is 3. The number of hydrazine groups is 1. The zero-order chi connectivity index (χ0) is 21.0. The lowest BCUT2D eigenvalue weighted by atomic mass is 9.96. The van der Waals surface area contributed by atoms with Crippen molar-refractivity contribution in [1.29, 1.82) is 0 Å². The van der Waals surface area contributed by atoms with E-state index in [1.54, 1.807) is 12.1 Å². The van der Waals surface area contributed by atoms with Gasteiger partial charge in [-0.3, -0.25) is 30.3 Å². The average molecular weight is 397 g/mol. The number of aromatic amines is 1. The lowest BCUT2D eigenvalue weighted by Crippen LogP contribution is -2.54. The summed E-state index contributed by atoms with van der Waals surface area (Å²) in [5.74, 6) is -1.46. The summed E-state index contributed by atoms with van der Waals surface area (Å²) in [5.41, 5.74) is 8.56. The highest BCUT2D eigenvalue weighted by atomic mass is 16.2. The second-order valence-corrected chi connectivity index (χ2v) is 7.74. The smallest absolute Gasteiger partial charge is 0.290 e. The summed E-state index contributed by atoms with van der Waals surface area (Å²) in [4.78, 5) is 37.5. The minimum Gasteiger partial charge on any atom is -0.340 e. The van der Waals surface area contributed by atoms with Gasteiger partial charge in [-0.25, -0.2) is 0 Å². The topological polar surface area (TPSA) is 116 Å². The van der Waals surface area contributed by atoms with Crippen LogP contribution in [0.2, 0.25) is 0 Å². The number of benzene rings is 1. The standard InChI is InChI=1S/C21H27N5O3/c1-12(2)17(22-19(27)14-10-8-13(3)9-11-14)20(28)25-26-21(29)18-15-6-4-5-7-16(15)23-24-18/h8-12,17H,4-7H2,1-3H3,(H,22,27)(H,23,24)(H,25,28)(H,26,29)/t17-/m1/s1. The first-order valence-electron chi connectivity index (χ1n) is 9.90. The van der Waals surface area contributed by atoms with Crippen LogP contribution in [0.3, 0.4) is 0 Å². The van der Waals surface area contributed by atoms with Gasteiger partial charge in [-0.1, -0.05) is 31.5 Å². The van der Waals surface area contributed by atoms with Crippen molar-refractivity contribution in [1.82, 2.24) is 26.4 Å². The largest absolute Gasteiger partial charge is 0.340 e. The van der Waals surface area contributed by atoms with E-state index in [2.05, 4.69) is 26.4 Å². The van der Waals surface area contributed by atoms with Crippen molar-refractivity contribution in [2.45, 2.75) is 52.5 Å². The Hall–Kier alpha value is -3.16. The number of carbonyl (C=O) groups excluding carboxylic acids is 3. The molecule has 0 radical (unpaired) electrons. The molecule has 0 aliphatic heterocycles. The minimum absolute atomic E-state index is 0.167. The molecule has 0 saturated carbocycles. The van der Waals surface area contributed by atoms with E-state index >= 15 is 0 Å². The normalized spacial score (nSPS) is 14.1. The highest BCUT2D eigenvalue weighted by Crippen LogP contribution is 2.21. The number of H-pyrrole nitrogens is 1. The summed E-state index contributed by atoms with van der Waals surface area (Å²) in [6.45, 7) is 5.59. The maximum atomic E-state index is 12.6. The van der Waals surface area contributed by atoms with Crippen LogP contribution < -0.4 is 16.2 Å². The Labute approximate surface area is 169 Å². The Bertz CT molecular complexity index is 902. The van der Waals surface area contributed by atoms with Crippen LogP contribution in [0.5, 0.6) is 0 Å². The van der Waals surface area contributed by atoms with Crippen LogP contribution in [-0.2, 0) is 17.6 Å². The van der Waals surface area contributed by atoms with Crippen molar-refractivity contribution >= 4 is 17.7 Å². The Morgan fingerprint density at radius 2 is 1.69 bits per heavy atom. The minimum atomic E-state index is -0.794. The molecule has 29 heavy (non-hydrogen) atoms.